The Balaban J connectivity index is 0.000000148. The Bertz CT molecular complexity index is 1350. The van der Waals surface area contributed by atoms with Crippen molar-refractivity contribution in [3.8, 4) is 10.4 Å². The highest BCUT2D eigenvalue weighted by Crippen LogP contribution is 2.41. The molecule has 2 fully saturated rings. The summed E-state index contributed by atoms with van der Waals surface area (Å²) >= 11 is 1.49. The van der Waals surface area contributed by atoms with Crippen molar-refractivity contribution < 1.29 is 0 Å². The minimum Gasteiger partial charge on any atom is -0.375 e. The second-order valence-corrected chi connectivity index (χ2v) is 10.8. The van der Waals surface area contributed by atoms with E-state index in [9.17, 15) is 0 Å². The normalized spacial score (nSPS) is 16.8. The number of benzene rings is 1. The Morgan fingerprint density at radius 3 is 2.53 bits per heavy atom. The number of likely N-dealkylation sites (tertiary alicyclic amines) is 1. The Kier molecular flexibility index (Phi) is 6.89. The third kappa shape index (κ3) is 5.20. The van der Waals surface area contributed by atoms with E-state index >= 15 is 0 Å². The van der Waals surface area contributed by atoms with E-state index in [1.54, 1.807) is 6.20 Å². The number of anilines is 3. The first-order valence-corrected chi connectivity index (χ1v) is 13.1. The van der Waals surface area contributed by atoms with E-state index in [1.165, 1.54) is 50.4 Å². The maximum absolute atomic E-state index is 5.66. The fraction of sp³-hybridized carbons (Fsp3) is 0.321. The zero-order valence-corrected chi connectivity index (χ0v) is 21.8. The smallest absolute Gasteiger partial charge is 0.180 e. The molecule has 2 aliphatic rings. The first-order chi connectivity index (χ1) is 17.5. The van der Waals surface area contributed by atoms with E-state index in [0.29, 0.717) is 10.5 Å². The molecular weight excluding hydrogens is 466 g/mol. The minimum absolute atomic E-state index is 0.568. The maximum Gasteiger partial charge on any atom is 0.180 e. The molecule has 2 aliphatic heterocycles. The summed E-state index contributed by atoms with van der Waals surface area (Å²) in [5, 5.41) is 5.91. The molecule has 0 bridgehead atoms. The predicted molar refractivity (Wildman–Crippen MR) is 153 cm³/mol. The van der Waals surface area contributed by atoms with E-state index < -0.39 is 0 Å². The van der Waals surface area contributed by atoms with Gasteiger partial charge in [0.1, 0.15) is 11.6 Å². The number of rotatable bonds is 4. The SMILES string of the molecule is C=Cc1ccnc(N2CC3(CCN(C)CC3)C2)c1.CNc1cc2cc(-c3cnc(N)s3)ccc2cn1. The number of nitrogen functional groups attached to an aromatic ring is 1. The van der Waals surface area contributed by atoms with Gasteiger partial charge >= 0.3 is 0 Å². The van der Waals surface area contributed by atoms with Gasteiger partial charge < -0.3 is 20.9 Å². The standard InChI is InChI=1S/C15H21N3.C13H12N4S/c1-3-13-4-7-16-14(10-13)18-11-15(12-18)5-8-17(2)9-6-15;1-15-12-5-10-4-8(2-3-9(10)6-16-12)11-7-17-13(14)18-11/h3-4,7,10H,1,5-6,8-9,11-12H2,2H3;2-7H,1H3,(H2,14,17)(H,15,16). The van der Waals surface area contributed by atoms with Crippen LogP contribution in [0.1, 0.15) is 18.4 Å². The van der Waals surface area contributed by atoms with Crippen LogP contribution in [0.4, 0.5) is 16.8 Å². The molecule has 7 nitrogen and oxygen atoms in total. The summed E-state index contributed by atoms with van der Waals surface area (Å²) in [4.78, 5) is 18.8. The number of hydrogen-bond donors (Lipinski definition) is 2. The largest absolute Gasteiger partial charge is 0.375 e. The minimum atomic E-state index is 0.568. The second-order valence-electron chi connectivity index (χ2n) is 9.76. The monoisotopic (exact) mass is 499 g/mol. The van der Waals surface area contributed by atoms with Crippen LogP contribution in [-0.2, 0) is 0 Å². The summed E-state index contributed by atoms with van der Waals surface area (Å²) in [6, 6.07) is 12.4. The molecule has 1 spiro atoms. The highest BCUT2D eigenvalue weighted by molar-refractivity contribution is 7.18. The Labute approximate surface area is 216 Å². The molecule has 0 aliphatic carbocycles. The Morgan fingerprint density at radius 2 is 1.83 bits per heavy atom. The Hall–Kier alpha value is -3.49. The van der Waals surface area contributed by atoms with Gasteiger partial charge in [-0.2, -0.15) is 0 Å². The highest BCUT2D eigenvalue weighted by Gasteiger charge is 2.44. The lowest BCUT2D eigenvalue weighted by atomic mass is 9.72. The van der Waals surface area contributed by atoms with Crippen LogP contribution in [0, 0.1) is 5.41 Å². The number of nitrogens with zero attached hydrogens (tertiary/aromatic N) is 5. The Morgan fingerprint density at radius 1 is 1.03 bits per heavy atom. The maximum atomic E-state index is 5.66. The van der Waals surface area contributed by atoms with Crippen molar-refractivity contribution in [2.45, 2.75) is 12.8 Å². The number of fused-ring (bicyclic) bond motifs is 1. The van der Waals surface area contributed by atoms with E-state index in [1.807, 2.05) is 37.7 Å². The zero-order chi connectivity index (χ0) is 25.1. The first kappa shape index (κ1) is 24.2. The van der Waals surface area contributed by atoms with Crippen LogP contribution in [0.5, 0.6) is 0 Å². The van der Waals surface area contributed by atoms with Crippen molar-refractivity contribution in [3.63, 3.8) is 0 Å². The fourth-order valence-corrected chi connectivity index (χ4v) is 5.60. The number of hydrogen-bond acceptors (Lipinski definition) is 8. The van der Waals surface area contributed by atoms with E-state index in [-0.39, 0.29) is 0 Å². The van der Waals surface area contributed by atoms with Crippen LogP contribution < -0.4 is 16.0 Å². The van der Waals surface area contributed by atoms with Gasteiger partial charge in [0.15, 0.2) is 5.13 Å². The van der Waals surface area contributed by atoms with Crippen LogP contribution in [0.3, 0.4) is 0 Å². The van der Waals surface area contributed by atoms with Crippen LogP contribution in [0.2, 0.25) is 0 Å². The zero-order valence-electron chi connectivity index (χ0n) is 20.9. The molecule has 0 atom stereocenters. The van der Waals surface area contributed by atoms with Gasteiger partial charge in [0.25, 0.3) is 0 Å². The topological polar surface area (TPSA) is 83.2 Å². The fourth-order valence-electron chi connectivity index (χ4n) is 4.92. The van der Waals surface area contributed by atoms with Gasteiger partial charge in [-0.1, -0.05) is 36.1 Å². The molecule has 36 heavy (non-hydrogen) atoms. The molecule has 2 saturated heterocycles. The van der Waals surface area contributed by atoms with Crippen molar-refractivity contribution in [1.29, 1.82) is 0 Å². The van der Waals surface area contributed by atoms with Gasteiger partial charge in [-0.25, -0.2) is 15.0 Å². The van der Waals surface area contributed by atoms with Crippen LogP contribution >= 0.6 is 11.3 Å². The van der Waals surface area contributed by atoms with Gasteiger partial charge in [-0.15, -0.1) is 0 Å². The van der Waals surface area contributed by atoms with Crippen LogP contribution in [0.15, 0.2) is 61.6 Å². The number of aromatic nitrogens is 3. The van der Waals surface area contributed by atoms with Gasteiger partial charge in [0.05, 0.1) is 4.88 Å². The molecule has 8 heteroatoms. The first-order valence-electron chi connectivity index (χ1n) is 12.3. The number of thiazole rings is 1. The molecule has 0 radical (unpaired) electrons. The second kappa shape index (κ2) is 10.2. The number of piperidine rings is 1. The lowest BCUT2D eigenvalue weighted by Gasteiger charge is -2.54. The summed E-state index contributed by atoms with van der Waals surface area (Å²) in [6.45, 7) is 8.65. The molecule has 5 heterocycles. The summed E-state index contributed by atoms with van der Waals surface area (Å²) < 4.78 is 0. The molecular formula is C28H33N7S. The molecule has 0 amide bonds. The van der Waals surface area contributed by atoms with E-state index in [2.05, 4.69) is 68.0 Å². The third-order valence-electron chi connectivity index (χ3n) is 7.22. The molecule has 186 valence electrons. The molecule has 0 saturated carbocycles. The van der Waals surface area contributed by atoms with Crippen molar-refractivity contribution >= 4 is 45.0 Å². The lowest BCUT2D eigenvalue weighted by Crippen LogP contribution is -2.60. The number of nitrogens with one attached hydrogen (secondary N) is 1. The summed E-state index contributed by atoms with van der Waals surface area (Å²) in [5.41, 5.74) is 8.52. The lowest BCUT2D eigenvalue weighted by molar-refractivity contribution is 0.0900. The average molecular weight is 500 g/mol. The third-order valence-corrected chi connectivity index (χ3v) is 8.09. The highest BCUT2D eigenvalue weighted by atomic mass is 32.1. The van der Waals surface area contributed by atoms with Crippen molar-refractivity contribution in [2.24, 2.45) is 5.41 Å². The molecule has 3 N–H and O–H groups in total. The quantitative estimate of drug-likeness (QED) is 0.397. The van der Waals surface area contributed by atoms with Crippen LogP contribution in [0.25, 0.3) is 27.3 Å². The molecule has 3 aromatic heterocycles. The van der Waals surface area contributed by atoms with Crippen molar-refractivity contribution in [1.82, 2.24) is 19.9 Å². The average Bonchev–Trinajstić information content (AvgIpc) is 3.34. The van der Waals surface area contributed by atoms with Gasteiger partial charge in [-0.3, -0.25) is 0 Å². The van der Waals surface area contributed by atoms with Crippen LogP contribution in [-0.4, -0.2) is 60.1 Å². The number of nitrogens with two attached hydrogens (primary N) is 1. The predicted octanol–water partition coefficient (Wildman–Crippen LogP) is 5.24. The van der Waals surface area contributed by atoms with E-state index in [4.69, 9.17) is 5.73 Å². The van der Waals surface area contributed by atoms with Crippen molar-refractivity contribution in [3.05, 3.63) is 67.1 Å². The van der Waals surface area contributed by atoms with Crippen molar-refractivity contribution in [2.75, 3.05) is 56.2 Å². The molecule has 1 aromatic carbocycles. The van der Waals surface area contributed by atoms with Gasteiger partial charge in [-0.05, 0) is 73.8 Å². The molecule has 0 unspecified atom stereocenters. The summed E-state index contributed by atoms with van der Waals surface area (Å²) in [7, 11) is 4.08. The molecule has 6 rings (SSSR count). The van der Waals surface area contributed by atoms with E-state index in [0.717, 1.165) is 38.4 Å². The van der Waals surface area contributed by atoms with Gasteiger partial charge in [0.2, 0.25) is 0 Å². The number of pyridine rings is 2. The molecule has 4 aromatic rings. The van der Waals surface area contributed by atoms with Gasteiger partial charge in [0, 0.05) is 49.5 Å². The summed E-state index contributed by atoms with van der Waals surface area (Å²) in [6.07, 6.45) is 10.1. The summed E-state index contributed by atoms with van der Waals surface area (Å²) in [5.74, 6) is 1.97.